The summed E-state index contributed by atoms with van der Waals surface area (Å²) in [5.41, 5.74) is 0.592. The first kappa shape index (κ1) is 18.8. The van der Waals surface area contributed by atoms with Gasteiger partial charge >= 0.3 is 0 Å². The number of hydrogen-bond acceptors (Lipinski definition) is 5. The Balaban J connectivity index is 1.80. The summed E-state index contributed by atoms with van der Waals surface area (Å²) < 4.78 is 51.8. The molecule has 1 aromatic heterocycles. The number of hydrogen-bond donors (Lipinski definition) is 0. The Hall–Kier alpha value is -0.930. The summed E-state index contributed by atoms with van der Waals surface area (Å²) in [7, 11) is -6.98. The van der Waals surface area contributed by atoms with Gasteiger partial charge in [-0.1, -0.05) is 29.8 Å². The fourth-order valence-corrected chi connectivity index (χ4v) is 7.79. The van der Waals surface area contributed by atoms with Gasteiger partial charge in [0.15, 0.2) is 9.84 Å². The van der Waals surface area contributed by atoms with Crippen LogP contribution in [0.1, 0.15) is 22.1 Å². The fourth-order valence-electron chi connectivity index (χ4n) is 2.92. The van der Waals surface area contributed by atoms with E-state index >= 15 is 0 Å². The Morgan fingerprint density at radius 3 is 2.68 bits per heavy atom. The number of halogens is 1. The first-order chi connectivity index (χ1) is 11.8. The molecule has 2 heterocycles. The number of nitrogens with zero attached hydrogens (tertiary/aromatic N) is 1. The number of thiophene rings is 1. The normalized spacial score (nSPS) is 21.7. The maximum Gasteiger partial charge on any atom is 0.218 e. The highest BCUT2D eigenvalue weighted by Gasteiger charge is 2.35. The van der Waals surface area contributed by atoms with Crippen LogP contribution in [-0.4, -0.2) is 40.0 Å². The van der Waals surface area contributed by atoms with Crippen molar-refractivity contribution in [2.75, 3.05) is 18.8 Å². The van der Waals surface area contributed by atoms with Crippen molar-refractivity contribution >= 4 is 42.8 Å². The van der Waals surface area contributed by atoms with Crippen LogP contribution in [0, 0.1) is 0 Å². The van der Waals surface area contributed by atoms with E-state index in [0.29, 0.717) is 10.6 Å². The molecule has 136 valence electrons. The van der Waals surface area contributed by atoms with Gasteiger partial charge in [0, 0.05) is 23.0 Å². The number of sulfone groups is 1. The molecule has 0 radical (unpaired) electrons. The van der Waals surface area contributed by atoms with Crippen LogP contribution >= 0.6 is 22.9 Å². The first-order valence-corrected chi connectivity index (χ1v) is 12.3. The molecule has 1 atom stereocenters. The Labute approximate surface area is 157 Å². The SMILES string of the molecule is O=S1(=O)CCN(S(=O)(=O)Cc2cccc(Cl)c2)CC[C@H]1c1cccs1. The number of rotatable bonds is 4. The van der Waals surface area contributed by atoms with Crippen LogP contribution in [0.4, 0.5) is 0 Å². The van der Waals surface area contributed by atoms with Gasteiger partial charge in [-0.2, -0.15) is 0 Å². The Bertz CT molecular complexity index is 940. The summed E-state index contributed by atoms with van der Waals surface area (Å²) in [6.07, 6.45) is 0.275. The summed E-state index contributed by atoms with van der Waals surface area (Å²) in [4.78, 5) is 0.772. The van der Waals surface area contributed by atoms with E-state index in [1.807, 2.05) is 11.4 Å². The fraction of sp³-hybridized carbons (Fsp3) is 0.375. The molecule has 1 aliphatic heterocycles. The molecule has 25 heavy (non-hydrogen) atoms. The van der Waals surface area contributed by atoms with E-state index in [9.17, 15) is 16.8 Å². The van der Waals surface area contributed by atoms with Crippen LogP contribution in [0.5, 0.6) is 0 Å². The van der Waals surface area contributed by atoms with E-state index in [4.69, 9.17) is 11.6 Å². The van der Waals surface area contributed by atoms with Crippen LogP contribution in [0.15, 0.2) is 41.8 Å². The zero-order valence-electron chi connectivity index (χ0n) is 13.3. The van der Waals surface area contributed by atoms with Gasteiger partial charge in [-0.25, -0.2) is 21.1 Å². The molecule has 1 saturated heterocycles. The second-order valence-corrected chi connectivity index (χ2v) is 11.6. The summed E-state index contributed by atoms with van der Waals surface area (Å²) >= 11 is 7.30. The summed E-state index contributed by atoms with van der Waals surface area (Å²) in [6, 6.07) is 10.3. The summed E-state index contributed by atoms with van der Waals surface area (Å²) in [5.74, 6) is -0.346. The van der Waals surface area contributed by atoms with E-state index < -0.39 is 25.1 Å². The van der Waals surface area contributed by atoms with Gasteiger partial charge in [-0.05, 0) is 35.6 Å². The highest BCUT2D eigenvalue weighted by atomic mass is 35.5. The quantitative estimate of drug-likeness (QED) is 0.763. The van der Waals surface area contributed by atoms with E-state index in [1.165, 1.54) is 15.6 Å². The minimum Gasteiger partial charge on any atom is -0.228 e. The van der Waals surface area contributed by atoms with E-state index in [0.717, 1.165) is 4.88 Å². The van der Waals surface area contributed by atoms with Gasteiger partial charge < -0.3 is 0 Å². The topological polar surface area (TPSA) is 71.5 Å². The van der Waals surface area contributed by atoms with Crippen LogP contribution < -0.4 is 0 Å². The van der Waals surface area contributed by atoms with E-state index in [-0.39, 0.29) is 31.0 Å². The van der Waals surface area contributed by atoms with Crippen LogP contribution in [-0.2, 0) is 25.6 Å². The van der Waals surface area contributed by atoms with Crippen molar-refractivity contribution in [2.45, 2.75) is 17.4 Å². The van der Waals surface area contributed by atoms with Crippen LogP contribution in [0.3, 0.4) is 0 Å². The number of sulfonamides is 1. The molecular weight excluding hydrogens is 402 g/mol. The van der Waals surface area contributed by atoms with Gasteiger partial charge in [0.1, 0.15) is 0 Å². The second-order valence-electron chi connectivity index (χ2n) is 5.94. The highest BCUT2D eigenvalue weighted by molar-refractivity contribution is 7.92. The largest absolute Gasteiger partial charge is 0.228 e. The third kappa shape index (κ3) is 4.43. The average molecular weight is 420 g/mol. The van der Waals surface area contributed by atoms with Crippen molar-refractivity contribution in [2.24, 2.45) is 0 Å². The van der Waals surface area contributed by atoms with Crippen molar-refractivity contribution in [1.29, 1.82) is 0 Å². The lowest BCUT2D eigenvalue weighted by Gasteiger charge is -2.19. The molecule has 2 aromatic rings. The van der Waals surface area contributed by atoms with Crippen molar-refractivity contribution in [3.05, 3.63) is 57.2 Å². The molecule has 0 saturated carbocycles. The second kappa shape index (κ2) is 7.36. The van der Waals surface area contributed by atoms with Crippen LogP contribution in [0.25, 0.3) is 0 Å². The molecule has 1 aromatic carbocycles. The molecule has 0 amide bonds. The molecule has 0 unspecified atom stereocenters. The lowest BCUT2D eigenvalue weighted by molar-refractivity contribution is 0.428. The van der Waals surface area contributed by atoms with E-state index in [1.54, 1.807) is 30.3 Å². The molecule has 1 aliphatic rings. The molecular formula is C16H18ClNO4S3. The highest BCUT2D eigenvalue weighted by Crippen LogP contribution is 2.33. The standard InChI is InChI=1S/C16H18ClNO4S3/c17-14-4-1-3-13(11-14)12-25(21,22)18-7-6-16(15-5-2-9-23-15)24(19,20)10-8-18/h1-5,9,11,16H,6-8,10,12H2/t16-/m0/s1. The average Bonchev–Trinajstić information content (AvgIpc) is 2.98. The molecule has 0 spiro atoms. The zero-order chi connectivity index (χ0) is 18.1. The molecule has 0 aliphatic carbocycles. The van der Waals surface area contributed by atoms with Gasteiger partial charge in [-0.3, -0.25) is 0 Å². The smallest absolute Gasteiger partial charge is 0.218 e. The summed E-state index contributed by atoms with van der Waals surface area (Å²) in [6.45, 7) is 0.192. The van der Waals surface area contributed by atoms with Gasteiger partial charge in [-0.15, -0.1) is 11.3 Å². The van der Waals surface area contributed by atoms with E-state index in [2.05, 4.69) is 0 Å². The lowest BCUT2D eigenvalue weighted by atomic mass is 10.2. The van der Waals surface area contributed by atoms with Gasteiger partial charge in [0.05, 0.1) is 16.8 Å². The van der Waals surface area contributed by atoms with Crippen molar-refractivity contribution in [1.82, 2.24) is 4.31 Å². The molecule has 9 heteroatoms. The van der Waals surface area contributed by atoms with Crippen molar-refractivity contribution < 1.29 is 16.8 Å². The number of benzene rings is 1. The maximum absolute atomic E-state index is 12.7. The third-order valence-corrected chi connectivity index (χ3v) is 9.52. The van der Waals surface area contributed by atoms with Crippen LogP contribution in [0.2, 0.25) is 5.02 Å². The molecule has 0 N–H and O–H groups in total. The minimum atomic E-state index is -3.61. The Morgan fingerprint density at radius 1 is 1.20 bits per heavy atom. The molecule has 1 fully saturated rings. The van der Waals surface area contributed by atoms with Gasteiger partial charge in [0.2, 0.25) is 10.0 Å². The molecule has 3 rings (SSSR count). The third-order valence-electron chi connectivity index (χ3n) is 4.19. The van der Waals surface area contributed by atoms with Crippen molar-refractivity contribution in [3.8, 4) is 0 Å². The molecule has 5 nitrogen and oxygen atoms in total. The maximum atomic E-state index is 12.7. The lowest BCUT2D eigenvalue weighted by Crippen LogP contribution is -2.34. The Morgan fingerprint density at radius 2 is 2.00 bits per heavy atom. The minimum absolute atomic E-state index is 0.00684. The summed E-state index contributed by atoms with van der Waals surface area (Å²) in [5, 5.41) is 1.69. The molecule has 0 bridgehead atoms. The zero-order valence-corrected chi connectivity index (χ0v) is 16.5. The van der Waals surface area contributed by atoms with Crippen molar-refractivity contribution in [3.63, 3.8) is 0 Å². The predicted octanol–water partition coefficient (Wildman–Crippen LogP) is 3.09. The van der Waals surface area contributed by atoms with Gasteiger partial charge in [0.25, 0.3) is 0 Å². The Kier molecular flexibility index (Phi) is 5.55. The monoisotopic (exact) mass is 419 g/mol. The predicted molar refractivity (Wildman–Crippen MR) is 101 cm³/mol. The first-order valence-electron chi connectivity index (χ1n) is 7.75.